The molecule has 4 rings (SSSR count). The predicted octanol–water partition coefficient (Wildman–Crippen LogP) is 1.72. The summed E-state index contributed by atoms with van der Waals surface area (Å²) < 4.78 is 33.8. The van der Waals surface area contributed by atoms with Crippen molar-refractivity contribution in [3.8, 4) is 0 Å². The maximum atomic E-state index is 12.9. The number of aliphatic carboxylic acids is 1. The van der Waals surface area contributed by atoms with Gasteiger partial charge in [0.25, 0.3) is 5.91 Å². The van der Waals surface area contributed by atoms with E-state index in [0.717, 1.165) is 47.3 Å². The number of hydrogen-bond donors (Lipinski definition) is 2. The fraction of sp³-hybridized carbons (Fsp3) is 0.476. The molecule has 2 heterocycles. The number of fused-ring (bicyclic) bond motifs is 3. The molecular formula is C21H25N3O7S. The van der Waals surface area contributed by atoms with Gasteiger partial charge in [-0.3, -0.25) is 14.5 Å². The molecule has 1 aliphatic carbocycles. The molecule has 2 aromatic rings. The van der Waals surface area contributed by atoms with Crippen molar-refractivity contribution in [1.29, 1.82) is 0 Å². The minimum Gasteiger partial charge on any atom is -0.480 e. The number of rotatable bonds is 6. The Bertz CT molecular complexity index is 1230. The van der Waals surface area contributed by atoms with Crippen LogP contribution in [0.25, 0.3) is 11.0 Å². The third kappa shape index (κ3) is 3.55. The van der Waals surface area contributed by atoms with Crippen molar-refractivity contribution in [2.75, 3.05) is 13.6 Å². The number of benzene rings is 1. The van der Waals surface area contributed by atoms with Crippen molar-refractivity contribution in [1.82, 2.24) is 14.5 Å². The maximum Gasteiger partial charge on any atom is 0.327 e. The van der Waals surface area contributed by atoms with Crippen LogP contribution >= 0.6 is 0 Å². The highest BCUT2D eigenvalue weighted by Gasteiger charge is 2.50. The van der Waals surface area contributed by atoms with Crippen LogP contribution in [0.15, 0.2) is 27.5 Å². The predicted molar refractivity (Wildman–Crippen MR) is 114 cm³/mol. The first-order chi connectivity index (χ1) is 14.9. The number of nitrogens with one attached hydrogen (secondary N) is 1. The molecule has 32 heavy (non-hydrogen) atoms. The highest BCUT2D eigenvalue weighted by Crippen LogP contribution is 2.33. The zero-order valence-electron chi connectivity index (χ0n) is 18.0. The number of likely N-dealkylation sites (N-methyl/N-ethyl adjacent to an activating group) is 1. The molecular weight excluding hydrogens is 438 g/mol. The third-order valence-corrected chi connectivity index (χ3v) is 7.79. The molecule has 2 aliphatic rings. The van der Waals surface area contributed by atoms with Gasteiger partial charge < -0.3 is 14.4 Å². The average Bonchev–Trinajstić information content (AvgIpc) is 3.18. The van der Waals surface area contributed by atoms with Gasteiger partial charge in [0.05, 0.1) is 11.4 Å². The molecule has 0 spiro atoms. The van der Waals surface area contributed by atoms with E-state index in [9.17, 15) is 27.9 Å². The molecule has 1 aromatic heterocycles. The minimum atomic E-state index is -4.27. The van der Waals surface area contributed by atoms with Crippen molar-refractivity contribution in [2.24, 2.45) is 0 Å². The van der Waals surface area contributed by atoms with Crippen molar-refractivity contribution < 1.29 is 32.3 Å². The van der Waals surface area contributed by atoms with Gasteiger partial charge in [0.2, 0.25) is 10.0 Å². The second-order valence-corrected chi connectivity index (χ2v) is 10.4. The van der Waals surface area contributed by atoms with Crippen molar-refractivity contribution in [3.63, 3.8) is 0 Å². The molecule has 2 N–H and O–H groups in total. The summed E-state index contributed by atoms with van der Waals surface area (Å²) in [7, 11) is -2.84. The molecule has 1 unspecified atom stereocenters. The zero-order valence-corrected chi connectivity index (χ0v) is 18.9. The van der Waals surface area contributed by atoms with Crippen molar-refractivity contribution >= 4 is 38.9 Å². The second kappa shape index (κ2) is 7.59. The number of sulfonamides is 1. The lowest BCUT2D eigenvalue weighted by Gasteiger charge is -2.22. The number of imide groups is 1. The number of carbonyl (C=O) groups excluding carboxylic acids is 2. The van der Waals surface area contributed by atoms with Gasteiger partial charge in [-0.1, -0.05) is 0 Å². The number of nitrogens with zero attached hydrogens (tertiary/aromatic N) is 2. The average molecular weight is 464 g/mol. The van der Waals surface area contributed by atoms with Gasteiger partial charge in [-0.2, -0.15) is 4.72 Å². The number of urea groups is 1. The molecule has 1 fully saturated rings. The summed E-state index contributed by atoms with van der Waals surface area (Å²) >= 11 is 0. The molecule has 1 aromatic carbocycles. The van der Waals surface area contributed by atoms with Crippen LogP contribution in [0.2, 0.25) is 0 Å². The Balaban J connectivity index is 1.60. The zero-order chi connectivity index (χ0) is 23.4. The summed E-state index contributed by atoms with van der Waals surface area (Å²) in [6, 6.07) is 2.04. The van der Waals surface area contributed by atoms with E-state index in [-0.39, 0.29) is 4.90 Å². The smallest absolute Gasteiger partial charge is 0.327 e. The molecule has 0 radical (unpaired) electrons. The summed E-state index contributed by atoms with van der Waals surface area (Å²) in [6.07, 6.45) is 3.73. The maximum absolute atomic E-state index is 12.9. The monoisotopic (exact) mass is 463 g/mol. The topological polar surface area (TPSA) is 137 Å². The first kappa shape index (κ1) is 22.3. The number of carboxylic acid groups (broad SMARTS) is 1. The van der Waals surface area contributed by atoms with Gasteiger partial charge in [0.15, 0.2) is 0 Å². The Kier molecular flexibility index (Phi) is 5.29. The number of furan rings is 1. The fourth-order valence-corrected chi connectivity index (χ4v) is 5.35. The third-order valence-electron chi connectivity index (χ3n) is 6.32. The highest BCUT2D eigenvalue weighted by atomic mass is 32.2. The lowest BCUT2D eigenvalue weighted by atomic mass is 9.96. The van der Waals surface area contributed by atoms with Gasteiger partial charge in [-0.15, -0.1) is 0 Å². The van der Waals surface area contributed by atoms with Gasteiger partial charge in [0.1, 0.15) is 22.9 Å². The number of hydrogen-bond acceptors (Lipinski definition) is 6. The molecule has 1 aliphatic heterocycles. The van der Waals surface area contributed by atoms with Gasteiger partial charge in [-0.25, -0.2) is 13.2 Å². The summed E-state index contributed by atoms with van der Waals surface area (Å²) in [5.41, 5.74) is 0.368. The minimum absolute atomic E-state index is 0.154. The Labute approximate surface area is 185 Å². The number of amides is 3. The van der Waals surface area contributed by atoms with E-state index in [1.54, 1.807) is 6.07 Å². The normalized spacial score (nSPS) is 19.5. The van der Waals surface area contributed by atoms with Crippen LogP contribution in [0.5, 0.6) is 0 Å². The molecule has 0 saturated carbocycles. The van der Waals surface area contributed by atoms with E-state index in [4.69, 9.17) is 4.42 Å². The van der Waals surface area contributed by atoms with E-state index in [2.05, 4.69) is 4.72 Å². The quantitative estimate of drug-likeness (QED) is 0.622. The van der Waals surface area contributed by atoms with Crippen LogP contribution in [-0.2, 0) is 32.5 Å². The SMILES string of the molecule is CN1C(=O)N(CC(NS(=O)(=O)c2ccc3c4c(oc3c2)CCCC4)C(=O)O)C(=O)C1(C)C. The lowest BCUT2D eigenvalue weighted by Crippen LogP contribution is -2.50. The van der Waals surface area contributed by atoms with Crippen LogP contribution < -0.4 is 4.72 Å². The van der Waals surface area contributed by atoms with Crippen LogP contribution in [0.3, 0.4) is 0 Å². The standard InChI is InChI=1S/C21H25N3O7S/c1-21(2)19(27)24(20(28)23(21)3)11-15(18(25)26)22-32(29,30)12-8-9-14-13-6-4-5-7-16(13)31-17(14)10-12/h8-10,15,22H,4-7,11H2,1-3H3,(H,25,26). The molecule has 1 atom stereocenters. The Morgan fingerprint density at radius 3 is 2.56 bits per heavy atom. The highest BCUT2D eigenvalue weighted by molar-refractivity contribution is 7.89. The summed E-state index contributed by atoms with van der Waals surface area (Å²) in [5, 5.41) is 10.4. The molecule has 11 heteroatoms. The Hall–Kier alpha value is -2.92. The molecule has 10 nitrogen and oxygen atoms in total. The summed E-state index contributed by atoms with van der Waals surface area (Å²) in [6.45, 7) is 2.44. The van der Waals surface area contributed by atoms with E-state index >= 15 is 0 Å². The fourth-order valence-electron chi connectivity index (χ4n) is 4.16. The van der Waals surface area contributed by atoms with Gasteiger partial charge >= 0.3 is 12.0 Å². The molecule has 3 amide bonds. The molecule has 0 bridgehead atoms. The van der Waals surface area contributed by atoms with Crippen LogP contribution in [0.4, 0.5) is 4.79 Å². The van der Waals surface area contributed by atoms with Gasteiger partial charge in [0, 0.05) is 30.5 Å². The van der Waals surface area contributed by atoms with E-state index in [1.807, 2.05) is 0 Å². The largest absolute Gasteiger partial charge is 0.480 e. The molecule has 1 saturated heterocycles. The summed E-state index contributed by atoms with van der Waals surface area (Å²) in [5.74, 6) is -1.25. The summed E-state index contributed by atoms with van der Waals surface area (Å²) in [4.78, 5) is 38.6. The van der Waals surface area contributed by atoms with Crippen molar-refractivity contribution in [2.45, 2.75) is 56.0 Å². The van der Waals surface area contributed by atoms with Crippen LogP contribution in [0, 0.1) is 0 Å². The Morgan fingerprint density at radius 1 is 1.25 bits per heavy atom. The second-order valence-electron chi connectivity index (χ2n) is 8.70. The van der Waals surface area contributed by atoms with E-state index < -0.39 is 46.1 Å². The first-order valence-corrected chi connectivity index (χ1v) is 11.8. The lowest BCUT2D eigenvalue weighted by molar-refractivity contribution is -0.140. The first-order valence-electron chi connectivity index (χ1n) is 10.3. The van der Waals surface area contributed by atoms with Crippen LogP contribution in [-0.4, -0.2) is 66.4 Å². The number of carbonyl (C=O) groups is 3. The van der Waals surface area contributed by atoms with E-state index in [1.165, 1.54) is 37.9 Å². The molecule has 172 valence electrons. The van der Waals surface area contributed by atoms with Crippen LogP contribution in [0.1, 0.15) is 38.0 Å². The van der Waals surface area contributed by atoms with Gasteiger partial charge in [-0.05, 0) is 45.2 Å². The van der Waals surface area contributed by atoms with E-state index in [0.29, 0.717) is 5.58 Å². The Morgan fingerprint density at radius 2 is 1.94 bits per heavy atom. The number of carboxylic acids is 1. The van der Waals surface area contributed by atoms with Crippen molar-refractivity contribution in [3.05, 3.63) is 29.5 Å². The number of aryl methyl sites for hydroxylation is 2.